The van der Waals surface area contributed by atoms with E-state index in [9.17, 15) is 24.2 Å². The SMILES string of the molecule is CCCCCCCCCCCCC(=O)O[C@H](COC(=O)CCCCCC)COP(=O)(O)OC[C@@H](O)CO. The topological polar surface area (TPSA) is 149 Å². The van der Waals surface area contributed by atoms with Crippen molar-refractivity contribution in [3.05, 3.63) is 0 Å². The fourth-order valence-electron chi connectivity index (χ4n) is 3.52. The summed E-state index contributed by atoms with van der Waals surface area (Å²) in [5.74, 6) is -0.946. The molecule has 0 saturated heterocycles. The average Bonchev–Trinajstić information content (AvgIpc) is 2.88. The Bertz CT molecular complexity index is 616. The number of phosphoric acid groups is 1. The zero-order valence-electron chi connectivity index (χ0n) is 22.9. The maximum Gasteiger partial charge on any atom is 0.472 e. The zero-order chi connectivity index (χ0) is 27.8. The molecule has 0 spiro atoms. The summed E-state index contributed by atoms with van der Waals surface area (Å²) in [4.78, 5) is 34.1. The predicted molar refractivity (Wildman–Crippen MR) is 141 cm³/mol. The number of aliphatic hydroxyl groups is 2. The average molecular weight is 555 g/mol. The first-order valence-corrected chi connectivity index (χ1v) is 15.5. The molecule has 11 heteroatoms. The minimum Gasteiger partial charge on any atom is -0.462 e. The normalized spacial score (nSPS) is 14.6. The Kier molecular flexibility index (Phi) is 23.4. The number of esters is 2. The van der Waals surface area contributed by atoms with E-state index in [1.165, 1.54) is 38.5 Å². The van der Waals surface area contributed by atoms with Crippen molar-refractivity contribution in [2.24, 2.45) is 0 Å². The molecule has 220 valence electrons. The van der Waals surface area contributed by atoms with Gasteiger partial charge in [-0.25, -0.2) is 4.57 Å². The summed E-state index contributed by atoms with van der Waals surface area (Å²) in [6.07, 6.45) is 13.0. The van der Waals surface area contributed by atoms with E-state index < -0.39 is 51.8 Å². The second-order valence-electron chi connectivity index (χ2n) is 9.43. The van der Waals surface area contributed by atoms with Crippen LogP contribution in [0.25, 0.3) is 0 Å². The zero-order valence-corrected chi connectivity index (χ0v) is 23.8. The number of aliphatic hydroxyl groups excluding tert-OH is 2. The third-order valence-electron chi connectivity index (χ3n) is 5.76. The van der Waals surface area contributed by atoms with Gasteiger partial charge in [0.1, 0.15) is 12.7 Å². The molecule has 3 atom stereocenters. The van der Waals surface area contributed by atoms with Gasteiger partial charge in [-0.3, -0.25) is 18.6 Å². The van der Waals surface area contributed by atoms with Crippen LogP contribution in [-0.2, 0) is 32.7 Å². The molecule has 1 unspecified atom stereocenters. The number of unbranched alkanes of at least 4 members (excludes halogenated alkanes) is 12. The van der Waals surface area contributed by atoms with E-state index in [0.29, 0.717) is 12.8 Å². The van der Waals surface area contributed by atoms with Gasteiger partial charge in [0, 0.05) is 12.8 Å². The van der Waals surface area contributed by atoms with E-state index in [1.54, 1.807) is 0 Å². The van der Waals surface area contributed by atoms with Crippen LogP contribution in [0.3, 0.4) is 0 Å². The highest BCUT2D eigenvalue weighted by Crippen LogP contribution is 2.43. The van der Waals surface area contributed by atoms with Crippen LogP contribution in [-0.4, -0.2) is 65.7 Å². The first-order chi connectivity index (χ1) is 17.7. The van der Waals surface area contributed by atoms with Crippen molar-refractivity contribution >= 4 is 19.8 Å². The number of hydrogen-bond donors (Lipinski definition) is 3. The molecule has 0 aromatic carbocycles. The summed E-state index contributed by atoms with van der Waals surface area (Å²) >= 11 is 0. The van der Waals surface area contributed by atoms with Crippen molar-refractivity contribution in [3.8, 4) is 0 Å². The molecule has 0 aliphatic rings. The van der Waals surface area contributed by atoms with Crippen LogP contribution < -0.4 is 0 Å². The van der Waals surface area contributed by atoms with E-state index in [2.05, 4.69) is 18.4 Å². The third-order valence-corrected chi connectivity index (χ3v) is 6.71. The van der Waals surface area contributed by atoms with E-state index in [-0.39, 0.29) is 19.4 Å². The molecular formula is C26H51O10P. The molecular weight excluding hydrogens is 503 g/mol. The van der Waals surface area contributed by atoms with E-state index in [1.807, 2.05) is 0 Å². The monoisotopic (exact) mass is 554 g/mol. The molecule has 0 saturated carbocycles. The Morgan fingerprint density at radius 2 is 1.16 bits per heavy atom. The molecule has 0 aliphatic carbocycles. The lowest BCUT2D eigenvalue weighted by Crippen LogP contribution is -2.29. The molecule has 0 aliphatic heterocycles. The van der Waals surface area contributed by atoms with E-state index >= 15 is 0 Å². The first kappa shape index (κ1) is 36.0. The molecule has 3 N–H and O–H groups in total. The van der Waals surface area contributed by atoms with Crippen LogP contribution in [0.2, 0.25) is 0 Å². The fourth-order valence-corrected chi connectivity index (χ4v) is 4.31. The van der Waals surface area contributed by atoms with E-state index in [4.69, 9.17) is 19.1 Å². The number of carbonyl (C=O) groups excluding carboxylic acids is 2. The Balaban J connectivity index is 4.46. The van der Waals surface area contributed by atoms with Gasteiger partial charge in [-0.2, -0.15) is 0 Å². The summed E-state index contributed by atoms with van der Waals surface area (Å²) in [6, 6.07) is 0. The van der Waals surface area contributed by atoms with Gasteiger partial charge in [-0.05, 0) is 12.8 Å². The molecule has 0 heterocycles. The summed E-state index contributed by atoms with van der Waals surface area (Å²) in [7, 11) is -4.58. The highest BCUT2D eigenvalue weighted by Gasteiger charge is 2.27. The van der Waals surface area contributed by atoms with Crippen molar-refractivity contribution in [2.75, 3.05) is 26.4 Å². The molecule has 0 bridgehead atoms. The molecule has 10 nitrogen and oxygen atoms in total. The van der Waals surface area contributed by atoms with Gasteiger partial charge >= 0.3 is 19.8 Å². The maximum atomic E-state index is 12.3. The van der Waals surface area contributed by atoms with Crippen LogP contribution >= 0.6 is 7.82 Å². The van der Waals surface area contributed by atoms with Crippen LogP contribution in [0.1, 0.15) is 117 Å². The molecule has 0 aromatic rings. The smallest absolute Gasteiger partial charge is 0.462 e. The Morgan fingerprint density at radius 1 is 0.703 bits per heavy atom. The van der Waals surface area contributed by atoms with Crippen molar-refractivity contribution in [2.45, 2.75) is 129 Å². The fraction of sp³-hybridized carbons (Fsp3) is 0.923. The molecule has 0 fully saturated rings. The Morgan fingerprint density at radius 3 is 1.70 bits per heavy atom. The molecule has 0 amide bonds. The Hall–Kier alpha value is -1.03. The number of ether oxygens (including phenoxy) is 2. The first-order valence-electron chi connectivity index (χ1n) is 14.0. The van der Waals surface area contributed by atoms with Crippen molar-refractivity contribution in [1.82, 2.24) is 0 Å². The number of hydrogen-bond acceptors (Lipinski definition) is 9. The summed E-state index contributed by atoms with van der Waals surface area (Å²) in [5, 5.41) is 18.1. The minimum absolute atomic E-state index is 0.188. The second kappa shape index (κ2) is 24.0. The number of carbonyl (C=O) groups is 2. The van der Waals surface area contributed by atoms with Crippen molar-refractivity contribution < 1.29 is 47.8 Å². The summed E-state index contributed by atoms with van der Waals surface area (Å²) in [5.41, 5.74) is 0. The molecule has 0 rings (SSSR count). The lowest BCUT2D eigenvalue weighted by molar-refractivity contribution is -0.161. The van der Waals surface area contributed by atoms with Crippen LogP contribution in [0.4, 0.5) is 0 Å². The minimum atomic E-state index is -4.58. The standard InChI is InChI=1S/C26H51O10P/c1-3-5-7-9-10-11-12-13-14-16-18-26(30)36-24(21-33-25(29)17-15-8-6-4-2)22-35-37(31,32)34-20-23(28)19-27/h23-24,27-28H,3-22H2,1-2H3,(H,31,32)/t23-,24+/m0/s1. The highest BCUT2D eigenvalue weighted by molar-refractivity contribution is 7.47. The molecule has 0 aromatic heterocycles. The predicted octanol–water partition coefficient (Wildman–Crippen LogP) is 5.21. The lowest BCUT2D eigenvalue weighted by atomic mass is 10.1. The largest absolute Gasteiger partial charge is 0.472 e. The van der Waals surface area contributed by atoms with Gasteiger partial charge in [0.2, 0.25) is 0 Å². The highest BCUT2D eigenvalue weighted by atomic mass is 31.2. The quantitative estimate of drug-likeness (QED) is 0.0739. The van der Waals surface area contributed by atoms with Gasteiger partial charge in [0.05, 0.1) is 19.8 Å². The van der Waals surface area contributed by atoms with Gasteiger partial charge in [-0.1, -0.05) is 90.9 Å². The van der Waals surface area contributed by atoms with Crippen LogP contribution in [0.5, 0.6) is 0 Å². The van der Waals surface area contributed by atoms with Crippen LogP contribution in [0.15, 0.2) is 0 Å². The molecule has 0 radical (unpaired) electrons. The number of phosphoric ester groups is 1. The maximum absolute atomic E-state index is 12.3. The summed E-state index contributed by atoms with van der Waals surface area (Å²) < 4.78 is 32.0. The third kappa shape index (κ3) is 23.8. The van der Waals surface area contributed by atoms with Crippen LogP contribution in [0, 0.1) is 0 Å². The van der Waals surface area contributed by atoms with Gasteiger partial charge in [0.25, 0.3) is 0 Å². The van der Waals surface area contributed by atoms with Crippen molar-refractivity contribution in [3.63, 3.8) is 0 Å². The van der Waals surface area contributed by atoms with Crippen molar-refractivity contribution in [1.29, 1.82) is 0 Å². The van der Waals surface area contributed by atoms with Gasteiger partial charge < -0.3 is 24.6 Å². The van der Waals surface area contributed by atoms with Gasteiger partial charge in [-0.15, -0.1) is 0 Å². The Labute approximate surface area is 223 Å². The lowest BCUT2D eigenvalue weighted by Gasteiger charge is -2.20. The van der Waals surface area contributed by atoms with Gasteiger partial charge in [0.15, 0.2) is 6.10 Å². The molecule has 37 heavy (non-hydrogen) atoms. The van der Waals surface area contributed by atoms with E-state index in [0.717, 1.165) is 38.5 Å². The summed E-state index contributed by atoms with van der Waals surface area (Å²) in [6.45, 7) is 2.18. The number of rotatable bonds is 26. The second-order valence-corrected chi connectivity index (χ2v) is 10.9.